The monoisotopic (exact) mass is 361 g/mol. The zero-order chi connectivity index (χ0) is 16.9. The predicted octanol–water partition coefficient (Wildman–Crippen LogP) is 3.59. The molecule has 0 saturated carbocycles. The Labute approximate surface area is 149 Å². The van der Waals surface area contributed by atoms with E-state index < -0.39 is 0 Å². The number of nitriles is 1. The number of hydrogen-bond donors (Lipinski definition) is 1. The summed E-state index contributed by atoms with van der Waals surface area (Å²) in [5.41, 5.74) is 1.91. The Balaban J connectivity index is 1.81. The Kier molecular flexibility index (Phi) is 5.48. The van der Waals surface area contributed by atoms with Gasteiger partial charge in [0.05, 0.1) is 25.5 Å². The summed E-state index contributed by atoms with van der Waals surface area (Å²) < 4.78 is 5.29. The van der Waals surface area contributed by atoms with Gasteiger partial charge < -0.3 is 9.84 Å². The first-order valence-corrected chi connectivity index (χ1v) is 8.77. The molecule has 1 aliphatic rings. The second-order valence-electron chi connectivity index (χ2n) is 5.37. The van der Waals surface area contributed by atoms with Gasteiger partial charge in [0.15, 0.2) is 0 Å². The third-order valence-corrected chi connectivity index (χ3v) is 4.85. The second-order valence-corrected chi connectivity index (χ2v) is 6.66. The van der Waals surface area contributed by atoms with Crippen LogP contribution in [0, 0.1) is 11.3 Å². The number of nitrogens with zero attached hydrogens (tertiary/aromatic N) is 3. The van der Waals surface area contributed by atoms with Crippen LogP contribution in [0.2, 0.25) is 5.02 Å². The van der Waals surface area contributed by atoms with Crippen molar-refractivity contribution in [2.24, 2.45) is 0 Å². The molecule has 1 aromatic carbocycles. The van der Waals surface area contributed by atoms with Crippen molar-refractivity contribution >= 4 is 28.5 Å². The van der Waals surface area contributed by atoms with E-state index >= 15 is 0 Å². The van der Waals surface area contributed by atoms with Gasteiger partial charge >= 0.3 is 0 Å². The van der Waals surface area contributed by atoms with Crippen molar-refractivity contribution in [1.82, 2.24) is 9.88 Å². The molecule has 1 aliphatic heterocycles. The van der Waals surface area contributed by atoms with Crippen LogP contribution in [-0.2, 0) is 4.74 Å². The molecule has 7 heteroatoms. The molecule has 0 atom stereocenters. The summed E-state index contributed by atoms with van der Waals surface area (Å²) in [6.45, 7) is 3.12. The lowest BCUT2D eigenvalue weighted by Gasteiger charge is -2.26. The molecule has 0 aliphatic carbocycles. The molecule has 3 rings (SSSR count). The summed E-state index contributed by atoms with van der Waals surface area (Å²) in [5, 5.41) is 22.8. The lowest BCUT2D eigenvalue weighted by Crippen LogP contribution is -2.37. The van der Waals surface area contributed by atoms with Crippen LogP contribution < -0.4 is 0 Å². The van der Waals surface area contributed by atoms with E-state index in [1.807, 2.05) is 17.5 Å². The summed E-state index contributed by atoms with van der Waals surface area (Å²) in [4.78, 5) is 6.55. The zero-order valence-electron chi connectivity index (χ0n) is 12.9. The van der Waals surface area contributed by atoms with E-state index in [4.69, 9.17) is 16.3 Å². The Morgan fingerprint density at radius 3 is 2.71 bits per heavy atom. The number of aliphatic hydroxyl groups excluding tert-OH is 1. The molecule has 5 nitrogen and oxygen atoms in total. The van der Waals surface area contributed by atoms with E-state index in [9.17, 15) is 10.4 Å². The fourth-order valence-corrected chi connectivity index (χ4v) is 3.40. The van der Waals surface area contributed by atoms with E-state index in [2.05, 4.69) is 16.0 Å². The molecular weight excluding hydrogens is 346 g/mol. The minimum Gasteiger partial charge on any atom is -0.509 e. The number of aromatic nitrogens is 1. The van der Waals surface area contributed by atoms with Crippen LogP contribution in [0.25, 0.3) is 16.8 Å². The number of thiazole rings is 1. The molecule has 1 aromatic heterocycles. The van der Waals surface area contributed by atoms with Crippen molar-refractivity contribution in [3.63, 3.8) is 0 Å². The quantitative estimate of drug-likeness (QED) is 0.665. The molecule has 0 radical (unpaired) electrons. The fraction of sp³-hybridized carbons (Fsp3) is 0.294. The van der Waals surface area contributed by atoms with Crippen molar-refractivity contribution in [1.29, 1.82) is 5.26 Å². The number of ether oxygens (including phenoxy) is 1. The number of morpholine rings is 1. The first kappa shape index (κ1) is 16.9. The Morgan fingerprint density at radius 2 is 2.04 bits per heavy atom. The Hall–Kier alpha value is -1.91. The maximum Gasteiger partial charge on any atom is 0.138 e. The fourth-order valence-electron chi connectivity index (χ4n) is 2.43. The third kappa shape index (κ3) is 3.94. The summed E-state index contributed by atoms with van der Waals surface area (Å²) in [6.07, 6.45) is 0. The summed E-state index contributed by atoms with van der Waals surface area (Å²) in [6, 6.07) is 9.44. The number of halogens is 1. The molecule has 2 heterocycles. The molecule has 0 bridgehead atoms. The minimum absolute atomic E-state index is 0.0522. The highest BCUT2D eigenvalue weighted by Crippen LogP contribution is 2.28. The number of hydrogen-bond acceptors (Lipinski definition) is 6. The summed E-state index contributed by atoms with van der Waals surface area (Å²) >= 11 is 7.24. The number of aliphatic hydroxyl groups is 1. The van der Waals surface area contributed by atoms with Gasteiger partial charge in [-0.3, -0.25) is 4.90 Å². The number of allylic oxidation sites excluding steroid dienone is 1. The summed E-state index contributed by atoms with van der Waals surface area (Å²) in [5.74, 6) is 0.0522. The molecule has 0 unspecified atom stereocenters. The lowest BCUT2D eigenvalue weighted by molar-refractivity contribution is 0.0381. The van der Waals surface area contributed by atoms with Crippen LogP contribution in [0.5, 0.6) is 0 Å². The van der Waals surface area contributed by atoms with Crippen LogP contribution in [0.1, 0.15) is 5.01 Å². The highest BCUT2D eigenvalue weighted by Gasteiger charge is 2.18. The largest absolute Gasteiger partial charge is 0.509 e. The Morgan fingerprint density at radius 1 is 1.33 bits per heavy atom. The van der Waals surface area contributed by atoms with Crippen LogP contribution in [0.15, 0.2) is 35.4 Å². The van der Waals surface area contributed by atoms with E-state index in [1.165, 1.54) is 11.3 Å². The minimum atomic E-state index is 0.0522. The van der Waals surface area contributed by atoms with Gasteiger partial charge in [-0.25, -0.2) is 4.98 Å². The lowest BCUT2D eigenvalue weighted by atomic mass is 10.2. The molecule has 0 spiro atoms. The van der Waals surface area contributed by atoms with E-state index in [0.717, 1.165) is 24.3 Å². The van der Waals surface area contributed by atoms with Gasteiger partial charge in [-0.2, -0.15) is 5.26 Å². The van der Waals surface area contributed by atoms with Gasteiger partial charge in [0.2, 0.25) is 0 Å². The second kappa shape index (κ2) is 7.77. The van der Waals surface area contributed by atoms with Gasteiger partial charge in [0.1, 0.15) is 22.4 Å². The van der Waals surface area contributed by atoms with Crippen molar-refractivity contribution in [2.75, 3.05) is 32.8 Å². The van der Waals surface area contributed by atoms with Gasteiger partial charge in [-0.1, -0.05) is 23.7 Å². The van der Waals surface area contributed by atoms with Crippen molar-refractivity contribution < 1.29 is 9.84 Å². The molecular formula is C17H16ClN3O2S. The van der Waals surface area contributed by atoms with Gasteiger partial charge in [0.25, 0.3) is 0 Å². The van der Waals surface area contributed by atoms with Gasteiger partial charge in [-0.15, -0.1) is 11.3 Å². The SMILES string of the molecule is N#C/C(=C(/O)CN1CCOCC1)c1nc(-c2ccc(Cl)cc2)cs1. The van der Waals surface area contributed by atoms with Gasteiger partial charge in [-0.05, 0) is 12.1 Å². The highest BCUT2D eigenvalue weighted by atomic mass is 35.5. The van der Waals surface area contributed by atoms with E-state index in [1.54, 1.807) is 12.1 Å². The molecule has 1 N–H and O–H groups in total. The van der Waals surface area contributed by atoms with Crippen LogP contribution >= 0.6 is 22.9 Å². The molecule has 2 aromatic rings. The van der Waals surface area contributed by atoms with Crippen LogP contribution in [-0.4, -0.2) is 47.8 Å². The molecule has 1 fully saturated rings. The number of benzene rings is 1. The summed E-state index contributed by atoms with van der Waals surface area (Å²) in [7, 11) is 0. The zero-order valence-corrected chi connectivity index (χ0v) is 14.5. The third-order valence-electron chi connectivity index (χ3n) is 3.74. The van der Waals surface area contributed by atoms with Crippen molar-refractivity contribution in [3.05, 3.63) is 45.4 Å². The van der Waals surface area contributed by atoms with Gasteiger partial charge in [0, 0.05) is 29.1 Å². The molecule has 0 amide bonds. The Bertz CT molecular complexity index is 774. The smallest absolute Gasteiger partial charge is 0.138 e. The number of rotatable bonds is 4. The first-order chi connectivity index (χ1) is 11.7. The first-order valence-electron chi connectivity index (χ1n) is 7.51. The predicted molar refractivity (Wildman–Crippen MR) is 95.0 cm³/mol. The average molecular weight is 362 g/mol. The van der Waals surface area contributed by atoms with E-state index in [-0.39, 0.29) is 11.3 Å². The molecule has 1 saturated heterocycles. The average Bonchev–Trinajstić information content (AvgIpc) is 3.07. The maximum absolute atomic E-state index is 10.4. The van der Waals surface area contributed by atoms with Crippen LogP contribution in [0.3, 0.4) is 0 Å². The molecule has 24 heavy (non-hydrogen) atoms. The maximum atomic E-state index is 10.4. The standard InChI is InChI=1S/C17H16ClN3O2S/c18-13-3-1-12(2-4-13)15-11-24-17(20-15)14(9-19)16(22)10-21-5-7-23-8-6-21/h1-4,11,22H,5-8,10H2/b16-14-. The van der Waals surface area contributed by atoms with E-state index in [0.29, 0.717) is 29.8 Å². The van der Waals surface area contributed by atoms with Crippen molar-refractivity contribution in [3.8, 4) is 17.3 Å². The highest BCUT2D eigenvalue weighted by molar-refractivity contribution is 7.11. The topological polar surface area (TPSA) is 69.4 Å². The van der Waals surface area contributed by atoms with Crippen LogP contribution in [0.4, 0.5) is 0 Å². The van der Waals surface area contributed by atoms with Crippen molar-refractivity contribution in [2.45, 2.75) is 0 Å². The molecule has 124 valence electrons. The normalized spacial score (nSPS) is 16.5.